The molecule has 0 amide bonds. The van der Waals surface area contributed by atoms with Gasteiger partial charge < -0.3 is 0 Å². The van der Waals surface area contributed by atoms with Crippen LogP contribution in [0.25, 0.3) is 0 Å². The van der Waals surface area contributed by atoms with Crippen molar-refractivity contribution in [2.45, 2.75) is 369 Å². The van der Waals surface area contributed by atoms with E-state index in [1.165, 1.54) is 305 Å². The molecule has 448 valence electrons. The standard InChI is InChI=1S/C75H128N2.Ni/c1-7-13-19-21-23-25-27-29-31-32-33-34-35-36-37-39-41-43-45-47-49-55-61-75(77-73-65-63-69(57-51-16-10-4)71(67-73)59-53-18-12-6)74(60-54-48-46-44-42-40-38-30-28-26-24-22-20-14-8-2)76-72-64-62-68(56-50-15-9-3)70(66-72)58-52-17-11-5;/h55,61-67H,7-53,56-59H2,1-6H3;. The molecule has 0 aliphatic carbocycles. The van der Waals surface area contributed by atoms with Crippen LogP contribution in [0.3, 0.4) is 0 Å². The number of hydrogen-bond donors (Lipinski definition) is 0. The molecule has 0 atom stereocenters. The zero-order chi connectivity index (χ0) is 55.2. The summed E-state index contributed by atoms with van der Waals surface area (Å²) in [6, 6.07) is 14.2. The zero-order valence-corrected chi connectivity index (χ0v) is 53.9. The van der Waals surface area contributed by atoms with Crippen molar-refractivity contribution in [2.75, 3.05) is 0 Å². The van der Waals surface area contributed by atoms with Crippen LogP contribution >= 0.6 is 0 Å². The molecule has 2 aromatic carbocycles. The monoisotopic (exact) mass is 1110 g/mol. The number of hydrogen-bond acceptors (Lipinski definition) is 2. The molecule has 0 N–H and O–H groups in total. The molecule has 3 heteroatoms. The van der Waals surface area contributed by atoms with E-state index in [9.17, 15) is 0 Å². The minimum atomic E-state index is 0. The summed E-state index contributed by atoms with van der Waals surface area (Å²) in [7, 11) is 0. The minimum absolute atomic E-state index is 0. The molecule has 0 aromatic heterocycles. The summed E-state index contributed by atoms with van der Waals surface area (Å²) in [5.41, 5.74) is 9.85. The van der Waals surface area contributed by atoms with Gasteiger partial charge in [-0.2, -0.15) is 0 Å². The maximum Gasteiger partial charge on any atom is 0.139 e. The average Bonchev–Trinajstić information content (AvgIpc) is 3.44. The van der Waals surface area contributed by atoms with Crippen LogP contribution in [0.4, 0.5) is 11.4 Å². The summed E-state index contributed by atoms with van der Waals surface area (Å²) < 4.78 is 0. The van der Waals surface area contributed by atoms with Crippen molar-refractivity contribution in [3.05, 3.63) is 70.8 Å². The van der Waals surface area contributed by atoms with Gasteiger partial charge in [0.15, 0.2) is 0 Å². The third kappa shape index (κ3) is 41.5. The van der Waals surface area contributed by atoms with E-state index >= 15 is 0 Å². The van der Waals surface area contributed by atoms with Gasteiger partial charge >= 0.3 is 0 Å². The molecular formula is C75H128N2Ni. The number of benzene rings is 2. The largest absolute Gasteiger partial charge is 0.246 e. The van der Waals surface area contributed by atoms with Crippen LogP contribution in [0.15, 0.2) is 58.5 Å². The summed E-state index contributed by atoms with van der Waals surface area (Å²) in [4.78, 5) is 11.0. The average molecular weight is 1120 g/mol. The molecular weight excluding hydrogens is 988 g/mol. The van der Waals surface area contributed by atoms with Gasteiger partial charge in [0, 0.05) is 22.9 Å². The zero-order valence-electron chi connectivity index (χ0n) is 52.9. The molecule has 0 saturated heterocycles. The van der Waals surface area contributed by atoms with Crippen molar-refractivity contribution in [1.82, 2.24) is 0 Å². The van der Waals surface area contributed by atoms with E-state index in [0.717, 1.165) is 67.7 Å². The Morgan fingerprint density at radius 2 is 0.628 bits per heavy atom. The van der Waals surface area contributed by atoms with Crippen molar-refractivity contribution in [2.24, 2.45) is 9.98 Å². The molecule has 78 heavy (non-hydrogen) atoms. The number of aryl methyl sites for hydroxylation is 4. The van der Waals surface area contributed by atoms with Crippen molar-refractivity contribution in [3.63, 3.8) is 0 Å². The Labute approximate surface area is 498 Å². The minimum Gasteiger partial charge on any atom is -0.246 e. The normalized spacial score (nSPS) is 11.9. The van der Waals surface area contributed by atoms with E-state index in [1.54, 1.807) is 0 Å². The van der Waals surface area contributed by atoms with Crippen LogP contribution in [0.2, 0.25) is 0 Å². The first-order valence-corrected chi connectivity index (χ1v) is 34.7. The van der Waals surface area contributed by atoms with Gasteiger partial charge in [0.05, 0.1) is 17.1 Å². The fourth-order valence-electron chi connectivity index (χ4n) is 11.3. The molecule has 2 rings (SSSR count). The second kappa shape index (κ2) is 56.4. The second-order valence-corrected chi connectivity index (χ2v) is 23.9. The maximum atomic E-state index is 5.54. The molecule has 0 aliphatic heterocycles. The van der Waals surface area contributed by atoms with Gasteiger partial charge in [0.1, 0.15) is 5.71 Å². The van der Waals surface area contributed by atoms with E-state index in [1.807, 2.05) is 0 Å². The molecule has 2 aromatic rings. The number of unbranched alkanes of at least 4 members (excludes halogenated alkanes) is 41. The predicted molar refractivity (Wildman–Crippen MR) is 350 cm³/mol. The van der Waals surface area contributed by atoms with Crippen LogP contribution in [-0.4, -0.2) is 11.4 Å². The Morgan fingerprint density at radius 3 is 0.987 bits per heavy atom. The van der Waals surface area contributed by atoms with E-state index in [0.29, 0.717) is 0 Å². The SMILES string of the molecule is CCCCCCCCCCCCCCCC#CC(=Nc1ccc(CCCCC)c(CCCCC)c1)C(C=CCCCCCCCCCCCCCCCCCCCCCC)=Nc1ccc(CCCCC)c(CCCCC)c1.[Ni]. The molecule has 0 spiro atoms. The van der Waals surface area contributed by atoms with Crippen LogP contribution < -0.4 is 0 Å². The van der Waals surface area contributed by atoms with E-state index in [-0.39, 0.29) is 16.5 Å². The van der Waals surface area contributed by atoms with Gasteiger partial charge in [-0.25, -0.2) is 9.98 Å². The third-order valence-corrected chi connectivity index (χ3v) is 16.4. The van der Waals surface area contributed by atoms with Gasteiger partial charge in [0.25, 0.3) is 0 Å². The van der Waals surface area contributed by atoms with Crippen molar-refractivity contribution in [3.8, 4) is 11.8 Å². The summed E-state index contributed by atoms with van der Waals surface area (Å²) in [6.45, 7) is 13.9. The number of nitrogens with zero attached hydrogens (tertiary/aromatic N) is 2. The second-order valence-electron chi connectivity index (χ2n) is 23.9. The predicted octanol–water partition coefficient (Wildman–Crippen LogP) is 25.7. The van der Waals surface area contributed by atoms with E-state index < -0.39 is 0 Å². The first kappa shape index (κ1) is 73.6. The molecule has 0 heterocycles. The third-order valence-electron chi connectivity index (χ3n) is 16.4. The molecule has 0 bridgehead atoms. The summed E-state index contributed by atoms with van der Waals surface area (Å²) >= 11 is 0. The Kier molecular flexibility index (Phi) is 53.2. The Bertz CT molecular complexity index is 1790. The molecule has 0 fully saturated rings. The number of aliphatic imine (C=N–C) groups is 2. The summed E-state index contributed by atoms with van der Waals surface area (Å²) in [5.74, 6) is 7.36. The summed E-state index contributed by atoms with van der Waals surface area (Å²) in [6.07, 6.45) is 72.5. The quantitative estimate of drug-likeness (QED) is 0.0273. The smallest absolute Gasteiger partial charge is 0.139 e. The first-order chi connectivity index (χ1) is 38.1. The van der Waals surface area contributed by atoms with Crippen LogP contribution in [0, 0.1) is 11.8 Å². The van der Waals surface area contributed by atoms with Gasteiger partial charge in [-0.3, -0.25) is 0 Å². The number of allylic oxidation sites excluding steroid dienone is 2. The van der Waals surface area contributed by atoms with E-state index in [2.05, 4.69) is 102 Å². The maximum absolute atomic E-state index is 5.54. The summed E-state index contributed by atoms with van der Waals surface area (Å²) in [5, 5.41) is 0. The number of rotatable bonds is 54. The fourth-order valence-corrected chi connectivity index (χ4v) is 11.3. The molecule has 0 saturated carbocycles. The van der Waals surface area contributed by atoms with Gasteiger partial charge in [0.2, 0.25) is 0 Å². The topological polar surface area (TPSA) is 24.7 Å². The molecule has 0 aliphatic rings. The van der Waals surface area contributed by atoms with Gasteiger partial charge in [-0.1, -0.05) is 316 Å². The van der Waals surface area contributed by atoms with Gasteiger partial charge in [-0.15, -0.1) is 0 Å². The van der Waals surface area contributed by atoms with E-state index in [4.69, 9.17) is 9.98 Å². The van der Waals surface area contributed by atoms with Gasteiger partial charge in [-0.05, 0) is 129 Å². The first-order valence-electron chi connectivity index (χ1n) is 34.7. The molecule has 2 nitrogen and oxygen atoms in total. The van der Waals surface area contributed by atoms with Crippen LogP contribution in [0.1, 0.15) is 366 Å². The van der Waals surface area contributed by atoms with Crippen molar-refractivity contribution < 1.29 is 16.5 Å². The molecule has 0 unspecified atom stereocenters. The van der Waals surface area contributed by atoms with Crippen LogP contribution in [-0.2, 0) is 42.2 Å². The Morgan fingerprint density at radius 1 is 0.333 bits per heavy atom. The fraction of sp³-hybridized carbons (Fsp3) is 0.760. The Balaban J connectivity index is 0.0000304. The Hall–Kier alpha value is -2.43. The molecule has 0 radical (unpaired) electrons. The van der Waals surface area contributed by atoms with Crippen LogP contribution in [0.5, 0.6) is 0 Å². The van der Waals surface area contributed by atoms with Crippen molar-refractivity contribution >= 4 is 22.8 Å². The van der Waals surface area contributed by atoms with Crippen molar-refractivity contribution in [1.29, 1.82) is 0 Å².